The lowest BCUT2D eigenvalue weighted by Crippen LogP contribution is -2.32. The molecule has 6 heteroatoms. The largest absolute Gasteiger partial charge is 0.409 e. The first kappa shape index (κ1) is 14.6. The second kappa shape index (κ2) is 6.56. The van der Waals surface area contributed by atoms with Crippen molar-refractivity contribution in [3.05, 3.63) is 29.6 Å². The molecule has 20 heavy (non-hydrogen) atoms. The highest BCUT2D eigenvalue weighted by Crippen LogP contribution is 2.31. The van der Waals surface area contributed by atoms with Crippen LogP contribution in [0.4, 0.5) is 10.1 Å². The predicted molar refractivity (Wildman–Crippen MR) is 75.6 cm³/mol. The van der Waals surface area contributed by atoms with Gasteiger partial charge in [0.1, 0.15) is 5.82 Å². The fraction of sp³-hybridized carbons (Fsp3) is 0.500. The second-order valence-electron chi connectivity index (χ2n) is 4.97. The van der Waals surface area contributed by atoms with Crippen LogP contribution in [-0.2, 0) is 0 Å². The van der Waals surface area contributed by atoms with Gasteiger partial charge in [-0.2, -0.15) is 0 Å². The average molecular weight is 281 g/mol. The van der Waals surface area contributed by atoms with Crippen molar-refractivity contribution in [2.45, 2.75) is 31.7 Å². The van der Waals surface area contributed by atoms with Gasteiger partial charge in [0.25, 0.3) is 0 Å². The molecule has 1 aliphatic heterocycles. The Hall–Kier alpha value is -1.82. The summed E-state index contributed by atoms with van der Waals surface area (Å²) in [6, 6.07) is 4.97. The van der Waals surface area contributed by atoms with Gasteiger partial charge in [-0.05, 0) is 37.8 Å². The molecule has 110 valence electrons. The number of rotatable bonds is 5. The summed E-state index contributed by atoms with van der Waals surface area (Å²) in [6.45, 7) is 0.964. The molecule has 0 spiro atoms. The molecular formula is C14H20FN3O2. The maximum absolute atomic E-state index is 14.0. The molecule has 4 N–H and O–H groups in total. The average Bonchev–Trinajstić information content (AvgIpc) is 2.92. The number of benzene rings is 1. The molecule has 0 saturated carbocycles. The molecule has 1 heterocycles. The van der Waals surface area contributed by atoms with E-state index in [0.29, 0.717) is 5.69 Å². The molecule has 0 aliphatic carbocycles. The number of anilines is 1. The molecule has 1 aromatic rings. The smallest absolute Gasteiger partial charge is 0.175 e. The highest BCUT2D eigenvalue weighted by Gasteiger charge is 2.27. The summed E-state index contributed by atoms with van der Waals surface area (Å²) in [4.78, 5) is 2.09. The minimum absolute atomic E-state index is 0.144. The van der Waals surface area contributed by atoms with E-state index in [2.05, 4.69) is 10.1 Å². The number of aliphatic hydroxyl groups excluding tert-OH is 1. The summed E-state index contributed by atoms with van der Waals surface area (Å²) in [6.07, 6.45) is 3.59. The van der Waals surface area contributed by atoms with Gasteiger partial charge in [-0.25, -0.2) is 4.39 Å². The van der Waals surface area contributed by atoms with Gasteiger partial charge in [-0.3, -0.25) is 0 Å². The van der Waals surface area contributed by atoms with E-state index in [1.807, 2.05) is 0 Å². The molecule has 1 aromatic carbocycles. The summed E-state index contributed by atoms with van der Waals surface area (Å²) in [5.41, 5.74) is 6.40. The van der Waals surface area contributed by atoms with Crippen molar-refractivity contribution in [1.29, 1.82) is 0 Å². The van der Waals surface area contributed by atoms with E-state index in [9.17, 15) is 4.39 Å². The Bertz CT molecular complexity index is 493. The number of oxime groups is 1. The molecule has 5 nitrogen and oxygen atoms in total. The number of nitrogens with zero attached hydrogens (tertiary/aromatic N) is 2. The zero-order valence-corrected chi connectivity index (χ0v) is 11.3. The molecule has 1 saturated heterocycles. The molecule has 1 atom stereocenters. The first-order valence-electron chi connectivity index (χ1n) is 6.83. The number of hydrogen-bond acceptors (Lipinski definition) is 4. The first-order valence-corrected chi connectivity index (χ1v) is 6.83. The Balaban J connectivity index is 2.34. The monoisotopic (exact) mass is 281 g/mol. The molecule has 0 radical (unpaired) electrons. The van der Waals surface area contributed by atoms with Crippen LogP contribution in [0, 0.1) is 5.82 Å². The predicted octanol–water partition coefficient (Wildman–Crippen LogP) is 1.66. The number of amidine groups is 1. The Morgan fingerprint density at radius 3 is 3.00 bits per heavy atom. The van der Waals surface area contributed by atoms with Gasteiger partial charge in [0.15, 0.2) is 5.84 Å². The lowest BCUT2D eigenvalue weighted by Gasteiger charge is -2.28. The van der Waals surface area contributed by atoms with Gasteiger partial charge in [-0.15, -0.1) is 0 Å². The summed E-state index contributed by atoms with van der Waals surface area (Å²) in [5, 5.41) is 20.7. The van der Waals surface area contributed by atoms with Crippen molar-refractivity contribution in [3.63, 3.8) is 0 Å². The van der Waals surface area contributed by atoms with Crippen LogP contribution in [0.15, 0.2) is 23.4 Å². The van der Waals surface area contributed by atoms with Crippen molar-refractivity contribution in [3.8, 4) is 0 Å². The standard InChI is InChI=1S/C14H20FN3O2/c15-11-6-1-7-12(13(11)14(16)17-20)18-8-2-4-10(18)5-3-9-19/h1,6-7,10,19-20H,2-5,8-9H2,(H2,16,17). The maximum atomic E-state index is 14.0. The lowest BCUT2D eigenvalue weighted by molar-refractivity contribution is 0.279. The van der Waals surface area contributed by atoms with Crippen LogP contribution in [0.25, 0.3) is 0 Å². The molecule has 0 amide bonds. The quantitative estimate of drug-likeness (QED) is 0.332. The van der Waals surface area contributed by atoms with Gasteiger partial charge in [-0.1, -0.05) is 11.2 Å². The van der Waals surface area contributed by atoms with E-state index in [-0.39, 0.29) is 24.0 Å². The first-order chi connectivity index (χ1) is 9.69. The zero-order chi connectivity index (χ0) is 14.5. The van der Waals surface area contributed by atoms with Gasteiger partial charge in [0, 0.05) is 19.2 Å². The number of aliphatic hydroxyl groups is 1. The molecule has 1 aliphatic rings. The third kappa shape index (κ3) is 2.85. The highest BCUT2D eigenvalue weighted by molar-refractivity contribution is 6.02. The third-order valence-electron chi connectivity index (χ3n) is 3.74. The molecular weight excluding hydrogens is 261 g/mol. The molecule has 1 unspecified atom stereocenters. The normalized spacial score (nSPS) is 19.6. The Labute approximate surface area is 117 Å². The van der Waals surface area contributed by atoms with Gasteiger partial charge in [0.2, 0.25) is 0 Å². The van der Waals surface area contributed by atoms with Crippen molar-refractivity contribution >= 4 is 11.5 Å². The van der Waals surface area contributed by atoms with Crippen LogP contribution in [0.1, 0.15) is 31.2 Å². The summed E-state index contributed by atoms with van der Waals surface area (Å²) in [7, 11) is 0. The van der Waals surface area contributed by atoms with Crippen LogP contribution in [0.2, 0.25) is 0 Å². The minimum Gasteiger partial charge on any atom is -0.409 e. The Morgan fingerprint density at radius 2 is 2.30 bits per heavy atom. The van der Waals surface area contributed by atoms with Crippen LogP contribution in [0.3, 0.4) is 0 Å². The van der Waals surface area contributed by atoms with E-state index in [0.717, 1.165) is 32.2 Å². The number of hydrogen-bond donors (Lipinski definition) is 3. The van der Waals surface area contributed by atoms with E-state index in [1.165, 1.54) is 6.07 Å². The summed E-state index contributed by atoms with van der Waals surface area (Å²) >= 11 is 0. The Kier molecular flexibility index (Phi) is 4.79. The Morgan fingerprint density at radius 1 is 1.50 bits per heavy atom. The molecule has 0 bridgehead atoms. The van der Waals surface area contributed by atoms with E-state index in [4.69, 9.17) is 16.0 Å². The number of nitrogens with two attached hydrogens (primary N) is 1. The molecule has 2 rings (SSSR count). The second-order valence-corrected chi connectivity index (χ2v) is 4.97. The van der Waals surface area contributed by atoms with Gasteiger partial charge >= 0.3 is 0 Å². The lowest BCUT2D eigenvalue weighted by atomic mass is 10.1. The fourth-order valence-corrected chi connectivity index (χ4v) is 2.84. The summed E-state index contributed by atoms with van der Waals surface area (Å²) < 4.78 is 14.0. The zero-order valence-electron chi connectivity index (χ0n) is 11.3. The van der Waals surface area contributed by atoms with Crippen molar-refractivity contribution in [1.82, 2.24) is 0 Å². The van der Waals surface area contributed by atoms with Crippen LogP contribution >= 0.6 is 0 Å². The number of halogens is 1. The van der Waals surface area contributed by atoms with Gasteiger partial charge < -0.3 is 20.9 Å². The highest BCUT2D eigenvalue weighted by atomic mass is 19.1. The molecule has 0 aromatic heterocycles. The van der Waals surface area contributed by atoms with Crippen molar-refractivity contribution < 1.29 is 14.7 Å². The third-order valence-corrected chi connectivity index (χ3v) is 3.74. The fourth-order valence-electron chi connectivity index (χ4n) is 2.84. The topological polar surface area (TPSA) is 82.1 Å². The van der Waals surface area contributed by atoms with E-state index < -0.39 is 5.82 Å². The minimum atomic E-state index is -0.495. The van der Waals surface area contributed by atoms with Crippen LogP contribution in [-0.4, -0.2) is 35.3 Å². The van der Waals surface area contributed by atoms with Crippen molar-refractivity contribution in [2.24, 2.45) is 10.9 Å². The van der Waals surface area contributed by atoms with Crippen LogP contribution in [0.5, 0.6) is 0 Å². The summed E-state index contributed by atoms with van der Waals surface area (Å²) in [5.74, 6) is -0.712. The van der Waals surface area contributed by atoms with Crippen LogP contribution < -0.4 is 10.6 Å². The van der Waals surface area contributed by atoms with Gasteiger partial charge in [0.05, 0.1) is 11.3 Å². The maximum Gasteiger partial charge on any atom is 0.175 e. The SMILES string of the molecule is NC(=NO)c1c(F)cccc1N1CCCC1CCCO. The van der Waals surface area contributed by atoms with Crippen molar-refractivity contribution in [2.75, 3.05) is 18.1 Å². The molecule has 1 fully saturated rings. The van der Waals surface area contributed by atoms with E-state index >= 15 is 0 Å². The van der Waals surface area contributed by atoms with E-state index in [1.54, 1.807) is 12.1 Å².